The van der Waals surface area contributed by atoms with Gasteiger partial charge in [0.05, 0.1) is 18.8 Å². The standard InChI is InChI=1S/C21H25O4/c1-14(2)12-24-17-7-5-16(6-8-17)21(23)19-10-9-18(11-20(19)22)25-13-15(3)4/h5-7,9-11,14-15,22H,12-13H2,1-4H3. The minimum absolute atomic E-state index is 0.0913. The second-order valence-electron chi connectivity index (χ2n) is 6.86. The first kappa shape index (κ1) is 18.8. The van der Waals surface area contributed by atoms with Crippen LogP contribution < -0.4 is 9.47 Å². The third kappa shape index (κ3) is 5.52. The van der Waals surface area contributed by atoms with Crippen LogP contribution in [0.5, 0.6) is 17.2 Å². The molecular formula is C21H25O4. The summed E-state index contributed by atoms with van der Waals surface area (Å²) in [6.07, 6.45) is 0. The molecule has 0 spiro atoms. The summed E-state index contributed by atoms with van der Waals surface area (Å²) in [4.78, 5) is 12.6. The molecule has 0 saturated heterocycles. The fraction of sp³-hybridized carbons (Fsp3) is 0.381. The summed E-state index contributed by atoms with van der Waals surface area (Å²) in [5.74, 6) is 1.60. The van der Waals surface area contributed by atoms with E-state index >= 15 is 0 Å². The van der Waals surface area contributed by atoms with E-state index in [-0.39, 0.29) is 17.1 Å². The monoisotopic (exact) mass is 341 g/mol. The summed E-state index contributed by atoms with van der Waals surface area (Å²) in [6.45, 7) is 9.37. The molecule has 133 valence electrons. The molecule has 0 unspecified atom stereocenters. The molecular weight excluding hydrogens is 316 g/mol. The SMILES string of the molecule is CC(C)COc1[c]cc(C(=O)c2ccc(OCC(C)C)cc2O)cc1. The highest BCUT2D eigenvalue weighted by atomic mass is 16.5. The van der Waals surface area contributed by atoms with Crippen molar-refractivity contribution >= 4 is 5.78 Å². The average molecular weight is 341 g/mol. The highest BCUT2D eigenvalue weighted by Crippen LogP contribution is 2.26. The van der Waals surface area contributed by atoms with Gasteiger partial charge in [-0.25, -0.2) is 0 Å². The molecule has 0 aliphatic heterocycles. The predicted octanol–water partition coefficient (Wildman–Crippen LogP) is 4.49. The highest BCUT2D eigenvalue weighted by Gasteiger charge is 2.15. The molecule has 2 rings (SSSR count). The van der Waals surface area contributed by atoms with Crippen LogP contribution >= 0.6 is 0 Å². The topological polar surface area (TPSA) is 55.8 Å². The molecule has 1 radical (unpaired) electrons. The third-order valence-electron chi connectivity index (χ3n) is 3.42. The van der Waals surface area contributed by atoms with Gasteiger partial charge in [-0.1, -0.05) is 27.7 Å². The molecule has 0 aromatic heterocycles. The lowest BCUT2D eigenvalue weighted by Crippen LogP contribution is -2.06. The first-order chi connectivity index (χ1) is 11.9. The molecule has 0 heterocycles. The molecule has 25 heavy (non-hydrogen) atoms. The Morgan fingerprint density at radius 2 is 1.72 bits per heavy atom. The van der Waals surface area contributed by atoms with Crippen molar-refractivity contribution in [3.8, 4) is 17.2 Å². The van der Waals surface area contributed by atoms with Crippen molar-refractivity contribution < 1.29 is 19.4 Å². The first-order valence-corrected chi connectivity index (χ1v) is 8.52. The van der Waals surface area contributed by atoms with Crippen molar-refractivity contribution in [3.05, 3.63) is 53.6 Å². The van der Waals surface area contributed by atoms with E-state index in [0.717, 1.165) is 0 Å². The Balaban J connectivity index is 2.09. The van der Waals surface area contributed by atoms with Crippen LogP contribution in [0.15, 0.2) is 36.4 Å². The number of aromatic hydroxyl groups is 1. The Kier molecular flexibility index (Phi) is 6.45. The Morgan fingerprint density at radius 1 is 1.04 bits per heavy atom. The second-order valence-corrected chi connectivity index (χ2v) is 6.86. The molecule has 1 N–H and O–H groups in total. The van der Waals surface area contributed by atoms with Crippen molar-refractivity contribution in [2.75, 3.05) is 13.2 Å². The van der Waals surface area contributed by atoms with Crippen LogP contribution in [0, 0.1) is 17.9 Å². The lowest BCUT2D eigenvalue weighted by Gasteiger charge is -2.11. The van der Waals surface area contributed by atoms with Gasteiger partial charge in [0.1, 0.15) is 17.2 Å². The average Bonchev–Trinajstić information content (AvgIpc) is 2.58. The summed E-state index contributed by atoms with van der Waals surface area (Å²) in [7, 11) is 0. The van der Waals surface area contributed by atoms with E-state index in [1.165, 1.54) is 6.07 Å². The molecule has 2 aromatic carbocycles. The summed E-state index contributed by atoms with van der Waals surface area (Å²) < 4.78 is 11.1. The molecule has 0 atom stereocenters. The number of carbonyl (C=O) groups excluding carboxylic acids is 1. The van der Waals surface area contributed by atoms with Gasteiger partial charge in [-0.3, -0.25) is 4.79 Å². The van der Waals surface area contributed by atoms with Gasteiger partial charge in [0.2, 0.25) is 0 Å². The van der Waals surface area contributed by atoms with E-state index < -0.39 is 0 Å². The quantitative estimate of drug-likeness (QED) is 0.719. The predicted molar refractivity (Wildman–Crippen MR) is 97.5 cm³/mol. The Labute approximate surface area is 149 Å². The lowest BCUT2D eigenvalue weighted by atomic mass is 10.0. The van der Waals surface area contributed by atoms with Crippen LogP contribution in [0.4, 0.5) is 0 Å². The number of hydrogen-bond acceptors (Lipinski definition) is 4. The van der Waals surface area contributed by atoms with Crippen LogP contribution in [0.2, 0.25) is 0 Å². The summed E-state index contributed by atoms with van der Waals surface area (Å²) in [5, 5.41) is 10.2. The molecule has 0 aliphatic rings. The van der Waals surface area contributed by atoms with Gasteiger partial charge < -0.3 is 14.6 Å². The number of ether oxygens (including phenoxy) is 2. The molecule has 0 amide bonds. The summed E-state index contributed by atoms with van der Waals surface area (Å²) in [5.41, 5.74) is 0.684. The van der Waals surface area contributed by atoms with Crippen LogP contribution in [0.1, 0.15) is 43.6 Å². The third-order valence-corrected chi connectivity index (χ3v) is 3.42. The largest absolute Gasteiger partial charge is 0.507 e. The molecule has 0 aliphatic carbocycles. The molecule has 4 nitrogen and oxygen atoms in total. The zero-order valence-electron chi connectivity index (χ0n) is 15.2. The van der Waals surface area contributed by atoms with Crippen molar-refractivity contribution in [2.45, 2.75) is 27.7 Å². The Bertz CT molecular complexity index is 702. The van der Waals surface area contributed by atoms with Crippen molar-refractivity contribution in [1.29, 1.82) is 0 Å². The Hall–Kier alpha value is -2.49. The minimum Gasteiger partial charge on any atom is -0.507 e. The van der Waals surface area contributed by atoms with E-state index in [1.807, 2.05) is 13.8 Å². The van der Waals surface area contributed by atoms with E-state index in [2.05, 4.69) is 19.9 Å². The minimum atomic E-state index is -0.264. The van der Waals surface area contributed by atoms with Crippen LogP contribution in [0.25, 0.3) is 0 Å². The van der Waals surface area contributed by atoms with E-state index in [1.54, 1.807) is 30.3 Å². The van der Waals surface area contributed by atoms with Crippen molar-refractivity contribution in [2.24, 2.45) is 11.8 Å². The van der Waals surface area contributed by atoms with Gasteiger partial charge in [-0.05, 0) is 42.2 Å². The maximum Gasteiger partial charge on any atom is 0.196 e. The number of phenols is 1. The van der Waals surface area contributed by atoms with Gasteiger partial charge in [-0.15, -0.1) is 0 Å². The lowest BCUT2D eigenvalue weighted by molar-refractivity contribution is 0.103. The first-order valence-electron chi connectivity index (χ1n) is 8.52. The van der Waals surface area contributed by atoms with Gasteiger partial charge >= 0.3 is 0 Å². The van der Waals surface area contributed by atoms with Gasteiger partial charge in [0.25, 0.3) is 0 Å². The molecule has 2 aromatic rings. The Morgan fingerprint density at radius 3 is 2.28 bits per heavy atom. The van der Waals surface area contributed by atoms with Crippen LogP contribution in [0.3, 0.4) is 0 Å². The van der Waals surface area contributed by atoms with Crippen molar-refractivity contribution in [3.63, 3.8) is 0 Å². The van der Waals surface area contributed by atoms with Gasteiger partial charge in [0.15, 0.2) is 5.78 Å². The zero-order valence-corrected chi connectivity index (χ0v) is 15.2. The van der Waals surface area contributed by atoms with Crippen LogP contribution in [-0.2, 0) is 0 Å². The van der Waals surface area contributed by atoms with Crippen LogP contribution in [-0.4, -0.2) is 24.1 Å². The summed E-state index contributed by atoms with van der Waals surface area (Å²) >= 11 is 0. The van der Waals surface area contributed by atoms with E-state index in [0.29, 0.717) is 42.1 Å². The number of ketones is 1. The smallest absolute Gasteiger partial charge is 0.196 e. The second kappa shape index (κ2) is 8.56. The number of hydrogen-bond donors (Lipinski definition) is 1. The molecule has 0 saturated carbocycles. The maximum atomic E-state index is 12.6. The molecule has 0 bridgehead atoms. The van der Waals surface area contributed by atoms with Gasteiger partial charge in [0, 0.05) is 17.7 Å². The fourth-order valence-corrected chi connectivity index (χ4v) is 2.11. The molecule has 4 heteroatoms. The number of rotatable bonds is 8. The zero-order chi connectivity index (χ0) is 18.4. The van der Waals surface area contributed by atoms with Gasteiger partial charge in [-0.2, -0.15) is 0 Å². The fourth-order valence-electron chi connectivity index (χ4n) is 2.11. The maximum absolute atomic E-state index is 12.6. The number of carbonyl (C=O) groups is 1. The van der Waals surface area contributed by atoms with Crippen molar-refractivity contribution in [1.82, 2.24) is 0 Å². The number of benzene rings is 2. The molecule has 0 fully saturated rings. The van der Waals surface area contributed by atoms with E-state index in [9.17, 15) is 9.90 Å². The van der Waals surface area contributed by atoms with E-state index in [4.69, 9.17) is 9.47 Å². The normalized spacial score (nSPS) is 11.0. The summed E-state index contributed by atoms with van der Waals surface area (Å²) in [6, 6.07) is 12.7. The number of phenolic OH excluding ortho intramolecular Hbond substituents is 1. The highest BCUT2D eigenvalue weighted by molar-refractivity contribution is 6.10.